The van der Waals surface area contributed by atoms with Gasteiger partial charge in [-0.2, -0.15) is 0 Å². The molecule has 4 rings (SSSR count). The highest BCUT2D eigenvalue weighted by atomic mass is 32.2. The monoisotopic (exact) mass is 474 g/mol. The Morgan fingerprint density at radius 2 is 1.97 bits per heavy atom. The number of aromatic nitrogens is 1. The zero-order valence-corrected chi connectivity index (χ0v) is 18.6. The van der Waals surface area contributed by atoms with Crippen LogP contribution in [0.15, 0.2) is 63.2 Å². The molecule has 0 spiro atoms. The van der Waals surface area contributed by atoms with Gasteiger partial charge in [0, 0.05) is 23.3 Å². The zero-order chi connectivity index (χ0) is 22.7. The van der Waals surface area contributed by atoms with Crippen LogP contribution in [0, 0.1) is 5.82 Å². The van der Waals surface area contributed by atoms with Crippen molar-refractivity contribution in [3.8, 4) is 17.2 Å². The van der Waals surface area contributed by atoms with Crippen molar-refractivity contribution in [3.63, 3.8) is 0 Å². The number of methoxy groups -OCH3 is 1. The molecule has 166 valence electrons. The van der Waals surface area contributed by atoms with Crippen LogP contribution in [0.4, 0.5) is 9.52 Å². The number of anilines is 1. The molecular weight excluding hydrogens is 455 g/mol. The molecule has 0 aliphatic carbocycles. The number of benzene rings is 2. The fourth-order valence-electron chi connectivity index (χ4n) is 3.07. The molecule has 1 N–H and O–H groups in total. The molecular formula is C22H19FN2O5S2. The molecule has 1 amide bonds. The Hall–Kier alpha value is -3.24. The normalized spacial score (nSPS) is 11.6. The van der Waals surface area contributed by atoms with Crippen molar-refractivity contribution in [3.05, 3.63) is 59.7 Å². The van der Waals surface area contributed by atoms with Crippen molar-refractivity contribution in [2.24, 2.45) is 0 Å². The standard InChI is InChI=1S/C22H19FN2O5S2/c1-29-16-7-4-14-11-20(30-19(14)12-16)18-13-31-22(24-18)25-21(26)3-2-10-32(27,28)17-8-5-15(23)6-9-17/h4-9,11-13H,2-3,10H2,1H3,(H,24,25,26). The largest absolute Gasteiger partial charge is 0.497 e. The van der Waals surface area contributed by atoms with Crippen LogP contribution in [-0.2, 0) is 14.6 Å². The first kappa shape index (κ1) is 22.0. The first-order valence-corrected chi connectivity index (χ1v) is 12.2. The molecule has 0 aliphatic heterocycles. The summed E-state index contributed by atoms with van der Waals surface area (Å²) < 4.78 is 48.5. The summed E-state index contributed by atoms with van der Waals surface area (Å²) >= 11 is 1.25. The maximum Gasteiger partial charge on any atom is 0.226 e. The predicted octanol–water partition coefficient (Wildman–Crippen LogP) is 4.90. The lowest BCUT2D eigenvalue weighted by atomic mass is 10.2. The number of fused-ring (bicyclic) bond motifs is 1. The van der Waals surface area contributed by atoms with Crippen molar-refractivity contribution in [2.45, 2.75) is 17.7 Å². The van der Waals surface area contributed by atoms with Crippen LogP contribution < -0.4 is 10.1 Å². The lowest BCUT2D eigenvalue weighted by molar-refractivity contribution is -0.116. The van der Waals surface area contributed by atoms with Crippen LogP contribution in [-0.4, -0.2) is 32.2 Å². The number of halogens is 1. The topological polar surface area (TPSA) is 98.5 Å². The van der Waals surface area contributed by atoms with E-state index in [1.807, 2.05) is 18.2 Å². The predicted molar refractivity (Wildman–Crippen MR) is 120 cm³/mol. The molecule has 2 aromatic heterocycles. The molecule has 0 bridgehead atoms. The second-order valence-corrected chi connectivity index (χ2v) is 9.94. The number of hydrogen-bond donors (Lipinski definition) is 1. The summed E-state index contributed by atoms with van der Waals surface area (Å²) in [6.07, 6.45) is 0.148. The fraction of sp³-hybridized carbons (Fsp3) is 0.182. The number of sulfone groups is 1. The molecule has 2 aromatic carbocycles. The third-order valence-corrected chi connectivity index (χ3v) is 7.29. The average molecular weight is 475 g/mol. The van der Waals surface area contributed by atoms with Crippen LogP contribution in [0.3, 0.4) is 0 Å². The summed E-state index contributed by atoms with van der Waals surface area (Å²) in [4.78, 5) is 16.6. The van der Waals surface area contributed by atoms with Gasteiger partial charge in [-0.05, 0) is 48.9 Å². The third-order valence-electron chi connectivity index (χ3n) is 4.72. The third kappa shape index (κ3) is 4.97. The lowest BCUT2D eigenvalue weighted by Gasteiger charge is -2.04. The fourth-order valence-corrected chi connectivity index (χ4v) is 5.10. The molecule has 0 saturated heterocycles. The van der Waals surface area contributed by atoms with E-state index in [1.54, 1.807) is 18.6 Å². The van der Waals surface area contributed by atoms with Crippen LogP contribution in [0.25, 0.3) is 22.4 Å². The zero-order valence-electron chi connectivity index (χ0n) is 17.0. The Morgan fingerprint density at radius 3 is 2.72 bits per heavy atom. The number of furan rings is 1. The minimum atomic E-state index is -3.58. The van der Waals surface area contributed by atoms with E-state index in [0.717, 1.165) is 17.5 Å². The molecule has 7 nitrogen and oxygen atoms in total. The van der Waals surface area contributed by atoms with Crippen molar-refractivity contribution < 1.29 is 26.8 Å². The molecule has 0 aliphatic rings. The molecule has 0 saturated carbocycles. The quantitative estimate of drug-likeness (QED) is 0.365. The SMILES string of the molecule is COc1ccc2cc(-c3csc(NC(=O)CCCS(=O)(=O)c4ccc(F)cc4)n3)oc2c1. The van der Waals surface area contributed by atoms with Gasteiger partial charge in [-0.15, -0.1) is 11.3 Å². The number of nitrogens with zero attached hydrogens (tertiary/aromatic N) is 1. The summed E-state index contributed by atoms with van der Waals surface area (Å²) in [5.74, 6) is 0.196. The van der Waals surface area contributed by atoms with Crippen LogP contribution in [0.1, 0.15) is 12.8 Å². The molecule has 4 aromatic rings. The van der Waals surface area contributed by atoms with E-state index >= 15 is 0 Å². The van der Waals surface area contributed by atoms with E-state index < -0.39 is 15.7 Å². The number of ether oxygens (including phenoxy) is 1. The highest BCUT2D eigenvalue weighted by Gasteiger charge is 2.16. The van der Waals surface area contributed by atoms with Gasteiger partial charge in [-0.1, -0.05) is 0 Å². The van der Waals surface area contributed by atoms with E-state index in [0.29, 0.717) is 27.9 Å². The molecule has 0 unspecified atom stereocenters. The van der Waals surface area contributed by atoms with Gasteiger partial charge in [0.25, 0.3) is 0 Å². The molecule has 32 heavy (non-hydrogen) atoms. The molecule has 0 fully saturated rings. The summed E-state index contributed by atoms with van der Waals surface area (Å²) in [5, 5.41) is 5.74. The van der Waals surface area contributed by atoms with Gasteiger partial charge in [0.05, 0.1) is 17.8 Å². The number of amides is 1. The molecule has 0 atom stereocenters. The maximum atomic E-state index is 13.0. The second kappa shape index (κ2) is 9.09. The van der Waals surface area contributed by atoms with Crippen molar-refractivity contribution in [2.75, 3.05) is 18.2 Å². The van der Waals surface area contributed by atoms with Crippen molar-refractivity contribution in [1.82, 2.24) is 4.98 Å². The number of rotatable bonds is 8. The van der Waals surface area contributed by atoms with E-state index in [9.17, 15) is 17.6 Å². The van der Waals surface area contributed by atoms with Crippen molar-refractivity contribution >= 4 is 43.2 Å². The average Bonchev–Trinajstić information content (AvgIpc) is 3.40. The van der Waals surface area contributed by atoms with Crippen LogP contribution >= 0.6 is 11.3 Å². The van der Waals surface area contributed by atoms with Gasteiger partial charge in [0.2, 0.25) is 5.91 Å². The Balaban J connectivity index is 1.34. The number of thiazole rings is 1. The Morgan fingerprint density at radius 1 is 1.19 bits per heavy atom. The highest BCUT2D eigenvalue weighted by Crippen LogP contribution is 2.32. The maximum absolute atomic E-state index is 13.0. The minimum absolute atomic E-state index is 0.0137. The smallest absolute Gasteiger partial charge is 0.226 e. The van der Waals surface area contributed by atoms with Gasteiger partial charge in [-0.25, -0.2) is 17.8 Å². The van der Waals surface area contributed by atoms with Crippen LogP contribution in [0.2, 0.25) is 0 Å². The van der Waals surface area contributed by atoms with Gasteiger partial charge < -0.3 is 14.5 Å². The summed E-state index contributed by atoms with van der Waals surface area (Å²) in [6, 6.07) is 12.0. The second-order valence-electron chi connectivity index (χ2n) is 6.98. The first-order chi connectivity index (χ1) is 15.3. The molecule has 0 radical (unpaired) electrons. The van der Waals surface area contributed by atoms with E-state index in [2.05, 4.69) is 10.3 Å². The van der Waals surface area contributed by atoms with Gasteiger partial charge >= 0.3 is 0 Å². The van der Waals surface area contributed by atoms with Crippen molar-refractivity contribution in [1.29, 1.82) is 0 Å². The van der Waals surface area contributed by atoms with E-state index in [-0.39, 0.29) is 29.4 Å². The summed E-state index contributed by atoms with van der Waals surface area (Å²) in [5.41, 5.74) is 1.25. The number of hydrogen-bond acceptors (Lipinski definition) is 7. The van der Waals surface area contributed by atoms with Gasteiger partial charge in [0.1, 0.15) is 22.8 Å². The minimum Gasteiger partial charge on any atom is -0.497 e. The Labute approximate surface area is 187 Å². The van der Waals surface area contributed by atoms with Crippen LogP contribution in [0.5, 0.6) is 5.75 Å². The first-order valence-electron chi connectivity index (χ1n) is 9.66. The Bertz CT molecular complexity index is 1360. The summed E-state index contributed by atoms with van der Waals surface area (Å²) in [6.45, 7) is 0. The number of carbonyl (C=O) groups excluding carboxylic acids is 1. The highest BCUT2D eigenvalue weighted by molar-refractivity contribution is 7.91. The number of nitrogens with one attached hydrogen (secondary N) is 1. The van der Waals surface area contributed by atoms with E-state index in [4.69, 9.17) is 9.15 Å². The van der Waals surface area contributed by atoms with Gasteiger partial charge in [-0.3, -0.25) is 4.79 Å². The van der Waals surface area contributed by atoms with E-state index in [1.165, 1.54) is 23.5 Å². The molecule has 10 heteroatoms. The Kier molecular flexibility index (Phi) is 6.24. The molecule has 2 heterocycles. The number of carbonyl (C=O) groups is 1. The lowest BCUT2D eigenvalue weighted by Crippen LogP contribution is -2.14. The van der Waals surface area contributed by atoms with Gasteiger partial charge in [0.15, 0.2) is 20.7 Å². The summed E-state index contributed by atoms with van der Waals surface area (Å²) in [7, 11) is -1.99.